The van der Waals surface area contributed by atoms with Gasteiger partial charge in [0.25, 0.3) is 0 Å². The zero-order valence-corrected chi connectivity index (χ0v) is 20.2. The van der Waals surface area contributed by atoms with E-state index in [0.29, 0.717) is 54.1 Å². The fraction of sp³-hybridized carbons (Fsp3) is 0.963. The third-order valence-electron chi connectivity index (χ3n) is 12.1. The molecule has 3 N–H and O–H groups in total. The van der Waals surface area contributed by atoms with Gasteiger partial charge < -0.3 is 10.2 Å². The van der Waals surface area contributed by atoms with Gasteiger partial charge in [-0.25, -0.2) is 5.21 Å². The Balaban J connectivity index is 1.33. The molecule has 6 fully saturated rings. The van der Waals surface area contributed by atoms with Crippen LogP contribution in [0.25, 0.3) is 0 Å². The molecule has 4 aliphatic carbocycles. The van der Waals surface area contributed by atoms with E-state index in [-0.39, 0.29) is 34.0 Å². The summed E-state index contributed by atoms with van der Waals surface area (Å²) >= 11 is 0. The maximum Gasteiger partial charge on any atom is 0.148 e. The predicted molar refractivity (Wildman–Crippen MR) is 120 cm³/mol. The lowest BCUT2D eigenvalue weighted by molar-refractivity contribution is -1.14. The van der Waals surface area contributed by atoms with E-state index in [1.54, 1.807) is 0 Å². The molecular formula is C27H44NO4+. The van der Waals surface area contributed by atoms with Crippen molar-refractivity contribution in [3.05, 3.63) is 0 Å². The number of carbonyl (C=O) groups excluding carboxylic acids is 1. The Morgan fingerprint density at radius 3 is 2.47 bits per heavy atom. The van der Waals surface area contributed by atoms with Crippen LogP contribution in [0.15, 0.2) is 0 Å². The van der Waals surface area contributed by atoms with E-state index < -0.39 is 5.60 Å². The summed E-state index contributed by atoms with van der Waals surface area (Å²) in [6, 6.07) is -0.0523. The standard InChI is InChI=1S/C27H44NO4/c1-15-4-7-25-27(3,31)21-6-5-17-18(20(21)14-28(25,32)13-15)11-22-19(17)12-24(30)23-10-16(29)8-9-26(22,23)2/h15-23,25,29,31-32H,4-14H2,1-3H3/q+1/t15-,16-,17+,18+,19+,20-,21+,22-,23+,25-,26+,27+,28?/m0/s1. The highest BCUT2D eigenvalue weighted by Gasteiger charge is 2.68. The van der Waals surface area contributed by atoms with Crippen LogP contribution in [0.5, 0.6) is 0 Å². The van der Waals surface area contributed by atoms with Gasteiger partial charge >= 0.3 is 0 Å². The molecule has 0 bridgehead atoms. The molecule has 1 unspecified atom stereocenters. The number of quaternary nitrogens is 1. The van der Waals surface area contributed by atoms with Gasteiger partial charge in [0.2, 0.25) is 0 Å². The lowest BCUT2D eigenvalue weighted by Crippen LogP contribution is -2.74. The number of carbonyl (C=O) groups is 1. The van der Waals surface area contributed by atoms with Crippen molar-refractivity contribution in [2.75, 3.05) is 13.1 Å². The minimum Gasteiger partial charge on any atom is -0.393 e. The van der Waals surface area contributed by atoms with Crippen LogP contribution >= 0.6 is 0 Å². The highest BCUT2D eigenvalue weighted by atomic mass is 16.6. The third kappa shape index (κ3) is 2.86. The number of aliphatic hydroxyl groups excluding tert-OH is 1. The van der Waals surface area contributed by atoms with Gasteiger partial charge in [-0.3, -0.25) is 4.79 Å². The predicted octanol–water partition coefficient (Wildman–Crippen LogP) is 3.79. The second-order valence-corrected chi connectivity index (χ2v) is 13.6. The average molecular weight is 447 g/mol. The van der Waals surface area contributed by atoms with Crippen LogP contribution in [0.3, 0.4) is 0 Å². The second kappa shape index (κ2) is 7.02. The first-order chi connectivity index (χ1) is 15.0. The smallest absolute Gasteiger partial charge is 0.148 e. The second-order valence-electron chi connectivity index (χ2n) is 13.6. The topological polar surface area (TPSA) is 77.8 Å². The molecule has 2 saturated heterocycles. The number of nitrogens with zero attached hydrogens (tertiary/aromatic N) is 1. The molecule has 0 aromatic rings. The van der Waals surface area contributed by atoms with Gasteiger partial charge in [-0.15, -0.1) is 0 Å². The number of aliphatic hydroxyl groups is 2. The maximum atomic E-state index is 13.3. The lowest BCUT2D eigenvalue weighted by atomic mass is 9.51. The van der Waals surface area contributed by atoms with Gasteiger partial charge in [-0.05, 0) is 81.0 Å². The molecule has 180 valence electrons. The number of hydrogen-bond acceptors (Lipinski definition) is 4. The average Bonchev–Trinajstić information content (AvgIpc) is 3.08. The Labute approximate surface area is 193 Å². The summed E-state index contributed by atoms with van der Waals surface area (Å²) in [6.07, 6.45) is 8.19. The Kier molecular flexibility index (Phi) is 4.83. The summed E-state index contributed by atoms with van der Waals surface area (Å²) in [5, 5.41) is 34.0. The molecule has 5 nitrogen and oxygen atoms in total. The highest BCUT2D eigenvalue weighted by molar-refractivity contribution is 5.83. The molecule has 5 heteroatoms. The molecule has 6 aliphatic rings. The molecule has 0 aromatic carbocycles. The lowest BCUT2D eigenvalue weighted by Gasteiger charge is -2.60. The van der Waals surface area contributed by atoms with Gasteiger partial charge in [-0.2, -0.15) is 4.65 Å². The monoisotopic (exact) mass is 446 g/mol. The number of piperidine rings is 2. The molecular weight excluding hydrogens is 402 g/mol. The van der Waals surface area contributed by atoms with Crippen molar-refractivity contribution >= 4 is 5.78 Å². The number of ketones is 1. The van der Waals surface area contributed by atoms with E-state index in [9.17, 15) is 20.2 Å². The Bertz CT molecular complexity index is 794. The zero-order valence-electron chi connectivity index (χ0n) is 20.2. The van der Waals surface area contributed by atoms with Crippen molar-refractivity contribution < 1.29 is 24.9 Å². The zero-order chi connectivity index (χ0) is 22.6. The number of Topliss-reactive ketones (excluding diaryl/α,β-unsaturated/α-hetero) is 1. The van der Waals surface area contributed by atoms with E-state index in [0.717, 1.165) is 58.0 Å². The summed E-state index contributed by atoms with van der Waals surface area (Å²) in [5.41, 5.74) is -0.787. The highest BCUT2D eigenvalue weighted by Crippen LogP contribution is 2.67. The van der Waals surface area contributed by atoms with Gasteiger partial charge in [0.1, 0.15) is 30.5 Å². The van der Waals surface area contributed by atoms with Crippen LogP contribution in [0.1, 0.15) is 78.6 Å². The minimum atomic E-state index is -0.812. The normalized spacial score (nSPS) is 61.8. The molecule has 0 spiro atoms. The van der Waals surface area contributed by atoms with Crippen LogP contribution < -0.4 is 0 Å². The molecule has 32 heavy (non-hydrogen) atoms. The first kappa shape index (κ1) is 22.0. The van der Waals surface area contributed by atoms with Gasteiger partial charge in [0, 0.05) is 36.5 Å². The van der Waals surface area contributed by atoms with Crippen LogP contribution in [0, 0.1) is 52.8 Å². The molecule has 6 rings (SSSR count). The fourth-order valence-electron chi connectivity index (χ4n) is 10.8. The molecule has 2 aliphatic heterocycles. The summed E-state index contributed by atoms with van der Waals surface area (Å²) in [4.78, 5) is 13.3. The molecule has 13 atom stereocenters. The Morgan fingerprint density at radius 1 is 0.906 bits per heavy atom. The van der Waals surface area contributed by atoms with Crippen molar-refractivity contribution in [2.24, 2.45) is 52.8 Å². The van der Waals surface area contributed by atoms with Crippen molar-refractivity contribution in [3.8, 4) is 0 Å². The van der Waals surface area contributed by atoms with Gasteiger partial charge in [0.15, 0.2) is 0 Å². The first-order valence-corrected chi connectivity index (χ1v) is 13.6. The molecule has 2 heterocycles. The Morgan fingerprint density at radius 2 is 1.69 bits per heavy atom. The largest absolute Gasteiger partial charge is 0.393 e. The van der Waals surface area contributed by atoms with Crippen LogP contribution in [-0.4, -0.2) is 56.7 Å². The molecule has 0 amide bonds. The summed E-state index contributed by atoms with van der Waals surface area (Å²) in [6.45, 7) is 8.19. The molecule has 0 radical (unpaired) electrons. The Hall–Kier alpha value is -0.490. The van der Waals surface area contributed by atoms with E-state index in [1.807, 2.05) is 6.92 Å². The van der Waals surface area contributed by atoms with Crippen molar-refractivity contribution in [2.45, 2.75) is 96.3 Å². The van der Waals surface area contributed by atoms with Crippen LogP contribution in [-0.2, 0) is 4.79 Å². The van der Waals surface area contributed by atoms with E-state index in [4.69, 9.17) is 0 Å². The van der Waals surface area contributed by atoms with E-state index in [2.05, 4.69) is 13.8 Å². The third-order valence-corrected chi connectivity index (χ3v) is 12.1. The van der Waals surface area contributed by atoms with Crippen molar-refractivity contribution in [1.82, 2.24) is 0 Å². The molecule has 0 aromatic heterocycles. The summed E-state index contributed by atoms with van der Waals surface area (Å²) < 4.78 is 0.0684. The minimum absolute atomic E-state index is 0.0247. The number of hydrogen-bond donors (Lipinski definition) is 3. The number of hydroxylamine groups is 3. The first-order valence-electron chi connectivity index (χ1n) is 13.6. The van der Waals surface area contributed by atoms with E-state index in [1.165, 1.54) is 0 Å². The van der Waals surface area contributed by atoms with Gasteiger partial charge in [0.05, 0.1) is 6.10 Å². The van der Waals surface area contributed by atoms with Gasteiger partial charge in [-0.1, -0.05) is 13.8 Å². The van der Waals surface area contributed by atoms with Crippen molar-refractivity contribution in [1.29, 1.82) is 0 Å². The SMILES string of the molecule is C[C@H]1CC[C@H]2[C@](C)(O)[C@@H]3CC[C@@H]4[C@@H](C[C@H]5[C@@H]4CC(=O)[C@H]4C[C@@H](O)CC[C@@]45C)[C@@H]3C[N+]2(O)C1. The van der Waals surface area contributed by atoms with Crippen LogP contribution in [0.2, 0.25) is 0 Å². The number of rotatable bonds is 0. The fourth-order valence-corrected chi connectivity index (χ4v) is 10.8. The maximum absolute atomic E-state index is 13.3. The molecule has 4 saturated carbocycles. The van der Waals surface area contributed by atoms with E-state index >= 15 is 0 Å². The van der Waals surface area contributed by atoms with Crippen molar-refractivity contribution in [3.63, 3.8) is 0 Å². The quantitative estimate of drug-likeness (QED) is 0.495. The summed E-state index contributed by atoms with van der Waals surface area (Å²) in [5.74, 6) is 3.67. The number of fused-ring (bicyclic) bond motifs is 8. The summed E-state index contributed by atoms with van der Waals surface area (Å²) in [7, 11) is 0. The van der Waals surface area contributed by atoms with Crippen LogP contribution in [0.4, 0.5) is 0 Å².